The molecule has 0 unspecified atom stereocenters. The molecule has 0 bridgehead atoms. The van der Waals surface area contributed by atoms with Crippen LogP contribution >= 0.6 is 12.2 Å². The number of aryl methyl sites for hydroxylation is 3. The van der Waals surface area contributed by atoms with Crippen LogP contribution in [0.15, 0.2) is 84.6 Å². The summed E-state index contributed by atoms with van der Waals surface area (Å²) in [6.07, 6.45) is 3.62. The first-order valence-corrected chi connectivity index (χ1v) is 11.4. The van der Waals surface area contributed by atoms with Crippen molar-refractivity contribution in [1.82, 2.24) is 4.57 Å². The third kappa shape index (κ3) is 3.43. The Morgan fingerprint density at radius 1 is 0.735 bits per heavy atom. The number of rotatable bonds is 3. The quantitative estimate of drug-likeness (QED) is 0.227. The van der Waals surface area contributed by atoms with Gasteiger partial charge in [0.05, 0.1) is 11.4 Å². The average molecular weight is 466 g/mol. The van der Waals surface area contributed by atoms with Crippen LogP contribution in [0.2, 0.25) is 0 Å². The second kappa shape index (κ2) is 8.39. The summed E-state index contributed by atoms with van der Waals surface area (Å²) in [5, 5.41) is 1.12. The minimum atomic E-state index is -0.429. The lowest BCUT2D eigenvalue weighted by molar-refractivity contribution is -0.120. The van der Waals surface area contributed by atoms with Gasteiger partial charge in [-0.1, -0.05) is 54.6 Å². The Labute approximate surface area is 203 Å². The van der Waals surface area contributed by atoms with Gasteiger partial charge in [-0.3, -0.25) is 19.4 Å². The molecular formula is C28H23N3O2S. The summed E-state index contributed by atoms with van der Waals surface area (Å²) in [7, 11) is 1.95. The van der Waals surface area contributed by atoms with Crippen LogP contribution in [0.5, 0.6) is 0 Å². The van der Waals surface area contributed by atoms with Crippen molar-refractivity contribution in [2.75, 3.05) is 9.80 Å². The largest absolute Gasteiger partial charge is 0.350 e. The first-order valence-electron chi connectivity index (χ1n) is 11.0. The number of fused-ring (bicyclic) bond motifs is 1. The van der Waals surface area contributed by atoms with E-state index in [-0.39, 0.29) is 10.7 Å². The first-order chi connectivity index (χ1) is 16.4. The lowest BCUT2D eigenvalue weighted by atomic mass is 10.0. The Kier molecular flexibility index (Phi) is 5.38. The monoisotopic (exact) mass is 465 g/mol. The molecule has 3 aromatic carbocycles. The number of carbonyl (C=O) groups is 2. The number of para-hydroxylation sites is 3. The summed E-state index contributed by atoms with van der Waals surface area (Å²) >= 11 is 5.76. The van der Waals surface area contributed by atoms with Crippen LogP contribution in [0.4, 0.5) is 11.4 Å². The molecule has 0 radical (unpaired) electrons. The van der Waals surface area contributed by atoms with Crippen molar-refractivity contribution in [3.8, 4) is 0 Å². The first kappa shape index (κ1) is 21.8. The summed E-state index contributed by atoms with van der Waals surface area (Å²) in [5.41, 5.74) is 4.99. The topological polar surface area (TPSA) is 45.6 Å². The maximum absolute atomic E-state index is 13.8. The smallest absolute Gasteiger partial charge is 0.270 e. The van der Waals surface area contributed by atoms with Crippen molar-refractivity contribution < 1.29 is 9.59 Å². The molecule has 5 rings (SSSR count). The molecular weight excluding hydrogens is 442 g/mol. The van der Waals surface area contributed by atoms with Gasteiger partial charge in [0.2, 0.25) is 0 Å². The van der Waals surface area contributed by atoms with E-state index < -0.39 is 11.8 Å². The van der Waals surface area contributed by atoms with Crippen molar-refractivity contribution in [3.05, 3.63) is 101 Å². The molecule has 0 saturated carbocycles. The van der Waals surface area contributed by atoms with Gasteiger partial charge < -0.3 is 4.57 Å². The summed E-state index contributed by atoms with van der Waals surface area (Å²) in [6, 6.07) is 23.0. The summed E-state index contributed by atoms with van der Waals surface area (Å²) in [4.78, 5) is 30.6. The van der Waals surface area contributed by atoms with Crippen LogP contribution in [0.25, 0.3) is 17.0 Å². The molecule has 1 saturated heterocycles. The predicted octanol–water partition coefficient (Wildman–Crippen LogP) is 5.54. The van der Waals surface area contributed by atoms with Gasteiger partial charge in [-0.05, 0) is 61.5 Å². The Morgan fingerprint density at radius 2 is 1.24 bits per heavy atom. The second-order valence-corrected chi connectivity index (χ2v) is 8.77. The Morgan fingerprint density at radius 3 is 1.79 bits per heavy atom. The zero-order valence-corrected chi connectivity index (χ0v) is 20.0. The Balaban J connectivity index is 1.74. The fourth-order valence-electron chi connectivity index (χ4n) is 4.43. The van der Waals surface area contributed by atoms with Gasteiger partial charge in [0.15, 0.2) is 5.11 Å². The van der Waals surface area contributed by atoms with Gasteiger partial charge in [-0.2, -0.15) is 0 Å². The molecule has 34 heavy (non-hydrogen) atoms. The van der Waals surface area contributed by atoms with Gasteiger partial charge in [0.25, 0.3) is 11.8 Å². The number of benzene rings is 3. The average Bonchev–Trinajstić information content (AvgIpc) is 3.15. The lowest BCUT2D eigenvalue weighted by Crippen LogP contribution is -2.57. The third-order valence-corrected chi connectivity index (χ3v) is 6.56. The highest BCUT2D eigenvalue weighted by Gasteiger charge is 2.42. The highest BCUT2D eigenvalue weighted by atomic mass is 32.1. The van der Waals surface area contributed by atoms with Crippen LogP contribution in [0, 0.1) is 13.8 Å². The number of anilines is 2. The standard InChI is InChI=1S/C28H23N3O2S/c1-18-10-4-7-13-23(18)30-26(32)22(16-20-17-29(3)25-15-9-6-12-21(20)25)27(33)31(28(30)34)24-14-8-5-11-19(24)2/h4-17H,1-3H3. The number of nitrogens with zero attached hydrogens (tertiary/aromatic N) is 3. The van der Waals surface area contributed by atoms with Crippen LogP contribution in [-0.2, 0) is 16.6 Å². The van der Waals surface area contributed by atoms with Crippen molar-refractivity contribution in [2.45, 2.75) is 13.8 Å². The number of hydrogen-bond acceptors (Lipinski definition) is 3. The van der Waals surface area contributed by atoms with Gasteiger partial charge in [-0.25, -0.2) is 0 Å². The van der Waals surface area contributed by atoms with Gasteiger partial charge in [0.1, 0.15) is 5.57 Å². The normalized spacial score (nSPS) is 14.3. The maximum Gasteiger partial charge on any atom is 0.270 e. The number of hydrogen-bond donors (Lipinski definition) is 0. The van der Waals surface area contributed by atoms with Gasteiger partial charge >= 0.3 is 0 Å². The number of amides is 2. The highest BCUT2D eigenvalue weighted by Crippen LogP contribution is 2.33. The SMILES string of the molecule is Cc1ccccc1N1C(=O)C(=Cc2cn(C)c3ccccc23)C(=O)N(c2ccccc2C)C1=S. The molecule has 0 atom stereocenters. The molecule has 4 aromatic rings. The van der Waals surface area contributed by atoms with E-state index in [1.54, 1.807) is 6.08 Å². The highest BCUT2D eigenvalue weighted by molar-refractivity contribution is 7.81. The molecule has 1 fully saturated rings. The minimum Gasteiger partial charge on any atom is -0.350 e. The van der Waals surface area contributed by atoms with E-state index in [1.165, 1.54) is 9.80 Å². The molecule has 2 heterocycles. The van der Waals surface area contributed by atoms with E-state index in [4.69, 9.17) is 12.2 Å². The lowest BCUT2D eigenvalue weighted by Gasteiger charge is -2.37. The fourth-order valence-corrected chi connectivity index (χ4v) is 4.79. The number of thiocarbonyl (C=S) groups is 1. The Hall–Kier alpha value is -4.03. The van der Waals surface area contributed by atoms with E-state index in [2.05, 4.69) is 0 Å². The van der Waals surface area contributed by atoms with Crippen LogP contribution < -0.4 is 9.80 Å². The van der Waals surface area contributed by atoms with Crippen molar-refractivity contribution in [1.29, 1.82) is 0 Å². The zero-order valence-electron chi connectivity index (χ0n) is 19.1. The molecule has 0 N–H and O–H groups in total. The van der Waals surface area contributed by atoms with E-state index in [1.807, 2.05) is 104 Å². The van der Waals surface area contributed by atoms with E-state index in [0.29, 0.717) is 11.4 Å². The fraction of sp³-hybridized carbons (Fsp3) is 0.107. The minimum absolute atomic E-state index is 0.0662. The number of aromatic nitrogens is 1. The van der Waals surface area contributed by atoms with Gasteiger partial charge in [-0.15, -0.1) is 0 Å². The predicted molar refractivity (Wildman–Crippen MR) is 141 cm³/mol. The molecule has 1 aromatic heterocycles. The molecule has 0 spiro atoms. The van der Waals surface area contributed by atoms with Crippen molar-refractivity contribution >= 4 is 57.5 Å². The van der Waals surface area contributed by atoms with Crippen molar-refractivity contribution in [3.63, 3.8) is 0 Å². The molecule has 2 amide bonds. The molecule has 5 nitrogen and oxygen atoms in total. The number of carbonyl (C=O) groups excluding carboxylic acids is 2. The second-order valence-electron chi connectivity index (χ2n) is 8.41. The maximum atomic E-state index is 13.8. The molecule has 1 aliphatic heterocycles. The Bertz CT molecular complexity index is 1450. The summed E-state index contributed by atoms with van der Waals surface area (Å²) in [6.45, 7) is 3.85. The van der Waals surface area contributed by atoms with Crippen LogP contribution in [0.3, 0.4) is 0 Å². The molecule has 0 aliphatic carbocycles. The summed E-state index contributed by atoms with van der Waals surface area (Å²) in [5.74, 6) is -0.857. The van der Waals surface area contributed by atoms with E-state index >= 15 is 0 Å². The molecule has 6 heteroatoms. The third-order valence-electron chi connectivity index (χ3n) is 6.19. The molecule has 168 valence electrons. The van der Waals surface area contributed by atoms with E-state index in [9.17, 15) is 9.59 Å². The van der Waals surface area contributed by atoms with Crippen LogP contribution in [0.1, 0.15) is 16.7 Å². The molecule has 1 aliphatic rings. The van der Waals surface area contributed by atoms with Crippen molar-refractivity contribution in [2.24, 2.45) is 7.05 Å². The van der Waals surface area contributed by atoms with E-state index in [0.717, 1.165) is 27.6 Å². The van der Waals surface area contributed by atoms with Crippen LogP contribution in [-0.4, -0.2) is 21.5 Å². The zero-order chi connectivity index (χ0) is 24.0. The van der Waals surface area contributed by atoms with Gasteiger partial charge in [0, 0.05) is 29.7 Å². The summed E-state index contributed by atoms with van der Waals surface area (Å²) < 4.78 is 1.99.